The molecule has 1 amide bonds. The van der Waals surface area contributed by atoms with Crippen molar-refractivity contribution in [3.8, 4) is 0 Å². The lowest BCUT2D eigenvalue weighted by Gasteiger charge is -2.45. The number of piperazine rings is 1. The maximum atomic E-state index is 12.8. The van der Waals surface area contributed by atoms with Gasteiger partial charge >= 0.3 is 6.09 Å². The number of rotatable bonds is 5. The quantitative estimate of drug-likeness (QED) is 0.599. The van der Waals surface area contributed by atoms with Gasteiger partial charge < -0.3 is 25.2 Å². The first-order valence-electron chi connectivity index (χ1n) is 13.1. The lowest BCUT2D eigenvalue weighted by molar-refractivity contribution is -0.0270. The summed E-state index contributed by atoms with van der Waals surface area (Å²) in [6, 6.07) is 4.65. The molecule has 9 nitrogen and oxygen atoms in total. The highest BCUT2D eigenvalue weighted by Gasteiger charge is 2.37. The number of carbonyl (C=O) groups excluding carboxylic acids is 1. The number of ether oxygens (including phenoxy) is 2. The summed E-state index contributed by atoms with van der Waals surface area (Å²) in [6.07, 6.45) is 6.10. The van der Waals surface area contributed by atoms with Gasteiger partial charge in [-0.05, 0) is 72.4 Å². The number of aromatic nitrogens is 2. The molecule has 1 aromatic heterocycles. The smallest absolute Gasteiger partial charge is 0.410 e. The van der Waals surface area contributed by atoms with Crippen LogP contribution in [0.4, 0.5) is 10.5 Å². The fourth-order valence-electron chi connectivity index (χ4n) is 5.62. The summed E-state index contributed by atoms with van der Waals surface area (Å²) < 4.78 is 13.2. The summed E-state index contributed by atoms with van der Waals surface area (Å²) in [7, 11) is 1.68. The molecule has 1 aliphatic carbocycles. The molecule has 0 unspecified atom stereocenters. The SMILES string of the molecule is COC[C@@H]1CN(C2CCC(n3cc4cc(N)c(C(C)(C)O)cc4n3)CC2)CCN1C(=O)OC(C)(C)C. The lowest BCUT2D eigenvalue weighted by Crippen LogP contribution is -2.59. The first-order chi connectivity index (χ1) is 16.9. The van der Waals surface area contributed by atoms with Crippen LogP contribution in [0.25, 0.3) is 10.9 Å². The Morgan fingerprint density at radius 1 is 1.11 bits per heavy atom. The molecular formula is C27H43N5O4. The van der Waals surface area contributed by atoms with Crippen LogP contribution >= 0.6 is 0 Å². The Labute approximate surface area is 214 Å². The van der Waals surface area contributed by atoms with E-state index in [-0.39, 0.29) is 12.1 Å². The maximum absolute atomic E-state index is 12.8. The fourth-order valence-corrected chi connectivity index (χ4v) is 5.62. The second-order valence-electron chi connectivity index (χ2n) is 11.9. The molecular weight excluding hydrogens is 458 g/mol. The Morgan fingerprint density at radius 2 is 1.78 bits per heavy atom. The number of nitrogens with two attached hydrogens (primary N) is 1. The molecule has 3 N–H and O–H groups in total. The third-order valence-corrected chi connectivity index (χ3v) is 7.41. The molecule has 2 heterocycles. The van der Waals surface area contributed by atoms with E-state index < -0.39 is 11.2 Å². The van der Waals surface area contributed by atoms with E-state index in [1.807, 2.05) is 37.8 Å². The summed E-state index contributed by atoms with van der Waals surface area (Å²) >= 11 is 0. The van der Waals surface area contributed by atoms with Gasteiger partial charge in [0, 0.05) is 55.6 Å². The second kappa shape index (κ2) is 10.2. The number of anilines is 1. The van der Waals surface area contributed by atoms with Crippen LogP contribution in [-0.4, -0.2) is 81.8 Å². The van der Waals surface area contributed by atoms with Crippen LogP contribution in [0, 0.1) is 0 Å². The lowest BCUT2D eigenvalue weighted by atomic mass is 9.89. The van der Waals surface area contributed by atoms with Crippen LogP contribution in [0.1, 0.15) is 71.9 Å². The Kier molecular flexibility index (Phi) is 7.55. The van der Waals surface area contributed by atoms with Crippen LogP contribution in [0.3, 0.4) is 0 Å². The van der Waals surface area contributed by atoms with Gasteiger partial charge in [-0.3, -0.25) is 9.58 Å². The van der Waals surface area contributed by atoms with Crippen LogP contribution in [0.15, 0.2) is 18.3 Å². The highest BCUT2D eigenvalue weighted by atomic mass is 16.6. The van der Waals surface area contributed by atoms with Crippen molar-refractivity contribution in [2.24, 2.45) is 0 Å². The molecule has 1 saturated heterocycles. The van der Waals surface area contributed by atoms with Gasteiger partial charge in [0.1, 0.15) is 5.60 Å². The third-order valence-electron chi connectivity index (χ3n) is 7.41. The minimum atomic E-state index is -1.01. The molecule has 2 aliphatic rings. The Balaban J connectivity index is 1.38. The third kappa shape index (κ3) is 5.95. The van der Waals surface area contributed by atoms with Crippen LogP contribution in [0.2, 0.25) is 0 Å². The monoisotopic (exact) mass is 501 g/mol. The molecule has 2 aromatic rings. The van der Waals surface area contributed by atoms with Gasteiger partial charge in [-0.2, -0.15) is 5.10 Å². The topological polar surface area (TPSA) is 106 Å². The minimum Gasteiger partial charge on any atom is -0.444 e. The van der Waals surface area contributed by atoms with Gasteiger partial charge in [0.05, 0.1) is 29.8 Å². The molecule has 0 bridgehead atoms. The highest BCUT2D eigenvalue weighted by molar-refractivity contribution is 5.83. The summed E-state index contributed by atoms with van der Waals surface area (Å²) in [5, 5.41) is 16.3. The van der Waals surface area contributed by atoms with E-state index in [1.165, 1.54) is 0 Å². The number of fused-ring (bicyclic) bond motifs is 1. The van der Waals surface area contributed by atoms with Gasteiger partial charge in [0.2, 0.25) is 0 Å². The van der Waals surface area contributed by atoms with Crippen LogP contribution in [0.5, 0.6) is 0 Å². The first-order valence-corrected chi connectivity index (χ1v) is 13.1. The molecule has 0 radical (unpaired) electrons. The standard InChI is InChI=1S/C27H43N5O4/c1-26(2,3)36-25(33)31-12-11-30(16-21(31)17-35-6)19-7-9-20(10-8-19)32-15-18-13-23(28)22(27(4,5)34)14-24(18)29-32/h13-15,19-21,34H,7-12,16-17,28H2,1-6H3/t19?,20?,21-/m0/s1. The zero-order valence-electron chi connectivity index (χ0n) is 22.7. The van der Waals surface area contributed by atoms with E-state index in [0.29, 0.717) is 36.5 Å². The van der Waals surface area contributed by atoms with Crippen molar-refractivity contribution in [2.45, 2.75) is 89.6 Å². The average molecular weight is 502 g/mol. The van der Waals surface area contributed by atoms with Crippen molar-refractivity contribution in [1.29, 1.82) is 0 Å². The second-order valence-corrected chi connectivity index (χ2v) is 11.9. The molecule has 1 aliphatic heterocycles. The number of methoxy groups -OCH3 is 1. The minimum absolute atomic E-state index is 0.0110. The van der Waals surface area contributed by atoms with Crippen molar-refractivity contribution in [3.63, 3.8) is 0 Å². The largest absolute Gasteiger partial charge is 0.444 e. The van der Waals surface area contributed by atoms with E-state index >= 15 is 0 Å². The Morgan fingerprint density at radius 3 is 2.39 bits per heavy atom. The predicted molar refractivity (Wildman–Crippen MR) is 141 cm³/mol. The highest BCUT2D eigenvalue weighted by Crippen LogP contribution is 2.35. The van der Waals surface area contributed by atoms with E-state index in [4.69, 9.17) is 20.3 Å². The maximum Gasteiger partial charge on any atom is 0.410 e. The molecule has 36 heavy (non-hydrogen) atoms. The molecule has 1 aromatic carbocycles. The van der Waals surface area contributed by atoms with Crippen molar-refractivity contribution < 1.29 is 19.4 Å². The molecule has 0 spiro atoms. The van der Waals surface area contributed by atoms with Gasteiger partial charge in [-0.25, -0.2) is 4.79 Å². The number of hydrogen-bond donors (Lipinski definition) is 2. The molecule has 9 heteroatoms. The van der Waals surface area contributed by atoms with Crippen molar-refractivity contribution >= 4 is 22.7 Å². The average Bonchev–Trinajstić information content (AvgIpc) is 3.20. The summed E-state index contributed by atoms with van der Waals surface area (Å²) in [5.41, 5.74) is 6.86. The number of amides is 1. The van der Waals surface area contributed by atoms with Gasteiger partial charge in [-0.15, -0.1) is 0 Å². The molecule has 1 atom stereocenters. The van der Waals surface area contributed by atoms with E-state index in [9.17, 15) is 9.90 Å². The van der Waals surface area contributed by atoms with E-state index in [0.717, 1.165) is 49.7 Å². The first kappa shape index (κ1) is 26.7. The number of carbonyl (C=O) groups is 1. The van der Waals surface area contributed by atoms with Gasteiger partial charge in [-0.1, -0.05) is 0 Å². The molecule has 200 valence electrons. The van der Waals surface area contributed by atoms with Crippen molar-refractivity contribution in [1.82, 2.24) is 19.6 Å². The van der Waals surface area contributed by atoms with Crippen molar-refractivity contribution in [2.75, 3.05) is 39.1 Å². The van der Waals surface area contributed by atoms with E-state index in [2.05, 4.69) is 15.8 Å². The van der Waals surface area contributed by atoms with E-state index in [1.54, 1.807) is 21.0 Å². The predicted octanol–water partition coefficient (Wildman–Crippen LogP) is 3.90. The zero-order valence-corrected chi connectivity index (χ0v) is 22.7. The number of nitrogen functional groups attached to an aromatic ring is 1. The Hall–Kier alpha value is -2.36. The molecule has 1 saturated carbocycles. The number of aliphatic hydroxyl groups is 1. The number of hydrogen-bond acceptors (Lipinski definition) is 7. The molecule has 4 rings (SSSR count). The van der Waals surface area contributed by atoms with Crippen LogP contribution in [-0.2, 0) is 15.1 Å². The summed E-state index contributed by atoms with van der Waals surface area (Å²) in [4.78, 5) is 17.1. The van der Waals surface area contributed by atoms with Crippen LogP contribution < -0.4 is 5.73 Å². The fraction of sp³-hybridized carbons (Fsp3) is 0.704. The Bertz CT molecular complexity index is 1060. The summed E-state index contributed by atoms with van der Waals surface area (Å²) in [6.45, 7) is 12.0. The molecule has 2 fully saturated rings. The van der Waals surface area contributed by atoms with Gasteiger partial charge in [0.15, 0.2) is 0 Å². The number of benzene rings is 1. The summed E-state index contributed by atoms with van der Waals surface area (Å²) in [5.74, 6) is 0. The number of nitrogens with zero attached hydrogens (tertiary/aromatic N) is 4. The normalized spacial score (nSPS) is 24.3. The zero-order chi connectivity index (χ0) is 26.3. The van der Waals surface area contributed by atoms with Crippen molar-refractivity contribution in [3.05, 3.63) is 23.9 Å². The van der Waals surface area contributed by atoms with Gasteiger partial charge in [0.25, 0.3) is 0 Å².